The fourth-order valence-corrected chi connectivity index (χ4v) is 2.66. The van der Waals surface area contributed by atoms with Crippen LogP contribution in [0.25, 0.3) is 0 Å². The van der Waals surface area contributed by atoms with Crippen molar-refractivity contribution in [1.29, 1.82) is 0 Å². The van der Waals surface area contributed by atoms with Gasteiger partial charge in [0.25, 0.3) is 0 Å². The minimum absolute atomic E-state index is 0.137. The molecule has 0 aliphatic carbocycles. The summed E-state index contributed by atoms with van der Waals surface area (Å²) in [4.78, 5) is 23.0. The summed E-state index contributed by atoms with van der Waals surface area (Å²) < 4.78 is 9.23. The fourth-order valence-electron chi connectivity index (χ4n) is 2.66. The Labute approximate surface area is 140 Å². The Morgan fingerprint density at radius 1 is 0.870 bits per heavy atom. The Kier molecular flexibility index (Phi) is 13.8. The van der Waals surface area contributed by atoms with Gasteiger partial charge >= 0.3 is 11.9 Å². The highest BCUT2D eigenvalue weighted by atomic mass is 16.5. The zero-order valence-electron chi connectivity index (χ0n) is 15.0. The van der Waals surface area contributed by atoms with Crippen LogP contribution < -0.4 is 0 Å². The van der Waals surface area contributed by atoms with E-state index >= 15 is 0 Å². The topological polar surface area (TPSA) is 72.8 Å². The molecule has 1 N–H and O–H groups in total. The lowest BCUT2D eigenvalue weighted by molar-refractivity contribution is -0.156. The standard InChI is InChI=1S/C18H34O5/c1-4-5-6-7-8-9-10-11-12-13-16(19)15(18(21)23-3)14-17(20)22-2/h15-16,19H,4-14H2,1-3H3. The second-order valence-electron chi connectivity index (χ2n) is 6.09. The molecule has 0 saturated carbocycles. The first-order valence-corrected chi connectivity index (χ1v) is 8.89. The van der Waals surface area contributed by atoms with Crippen LogP contribution in [-0.4, -0.2) is 37.4 Å². The molecule has 0 saturated heterocycles. The highest BCUT2D eigenvalue weighted by Crippen LogP contribution is 2.19. The van der Waals surface area contributed by atoms with E-state index in [4.69, 9.17) is 0 Å². The minimum atomic E-state index is -0.855. The third-order valence-corrected chi connectivity index (χ3v) is 4.19. The van der Waals surface area contributed by atoms with Gasteiger partial charge in [0.2, 0.25) is 0 Å². The summed E-state index contributed by atoms with van der Waals surface area (Å²) in [5.41, 5.74) is 0. The first-order chi connectivity index (χ1) is 11.1. The van der Waals surface area contributed by atoms with Crippen molar-refractivity contribution >= 4 is 11.9 Å². The van der Waals surface area contributed by atoms with Crippen LogP contribution in [0.1, 0.15) is 77.6 Å². The lowest BCUT2D eigenvalue weighted by atomic mass is 9.94. The van der Waals surface area contributed by atoms with E-state index in [1.807, 2.05) is 0 Å². The Hall–Kier alpha value is -1.10. The van der Waals surface area contributed by atoms with Gasteiger partial charge in [-0.15, -0.1) is 0 Å². The molecule has 0 aliphatic rings. The zero-order chi connectivity index (χ0) is 17.5. The van der Waals surface area contributed by atoms with Crippen molar-refractivity contribution in [3.05, 3.63) is 0 Å². The Bertz CT molecular complexity index is 317. The van der Waals surface area contributed by atoms with E-state index in [1.54, 1.807) is 0 Å². The van der Waals surface area contributed by atoms with Gasteiger partial charge in [0.15, 0.2) is 0 Å². The van der Waals surface area contributed by atoms with E-state index in [-0.39, 0.29) is 6.42 Å². The summed E-state index contributed by atoms with van der Waals surface area (Å²) in [7, 11) is 2.53. The van der Waals surface area contributed by atoms with Crippen LogP contribution in [-0.2, 0) is 19.1 Å². The third-order valence-electron chi connectivity index (χ3n) is 4.19. The molecular formula is C18H34O5. The molecule has 0 radical (unpaired) electrons. The van der Waals surface area contributed by atoms with Crippen LogP contribution in [0.5, 0.6) is 0 Å². The molecule has 0 rings (SSSR count). The second-order valence-corrected chi connectivity index (χ2v) is 6.09. The van der Waals surface area contributed by atoms with Crippen molar-refractivity contribution in [1.82, 2.24) is 0 Å². The number of hydrogen-bond donors (Lipinski definition) is 1. The Balaban J connectivity index is 3.88. The summed E-state index contributed by atoms with van der Waals surface area (Å²) in [6, 6.07) is 0. The normalized spacial score (nSPS) is 13.4. The molecule has 0 heterocycles. The molecule has 0 aliphatic heterocycles. The molecule has 0 aromatic carbocycles. The molecular weight excluding hydrogens is 296 g/mol. The molecule has 5 heteroatoms. The van der Waals surface area contributed by atoms with Crippen molar-refractivity contribution < 1.29 is 24.2 Å². The van der Waals surface area contributed by atoms with Crippen molar-refractivity contribution in [2.24, 2.45) is 5.92 Å². The van der Waals surface area contributed by atoms with Gasteiger partial charge in [0, 0.05) is 0 Å². The smallest absolute Gasteiger partial charge is 0.311 e. The SMILES string of the molecule is CCCCCCCCCCCC(O)C(CC(=O)OC)C(=O)OC. The first-order valence-electron chi connectivity index (χ1n) is 8.89. The monoisotopic (exact) mass is 330 g/mol. The molecule has 0 fully saturated rings. The zero-order valence-corrected chi connectivity index (χ0v) is 15.0. The van der Waals surface area contributed by atoms with Crippen LogP contribution in [0.15, 0.2) is 0 Å². The van der Waals surface area contributed by atoms with E-state index in [2.05, 4.69) is 16.4 Å². The lowest BCUT2D eigenvalue weighted by Crippen LogP contribution is -2.31. The van der Waals surface area contributed by atoms with Gasteiger partial charge in [0.1, 0.15) is 0 Å². The van der Waals surface area contributed by atoms with E-state index in [0.29, 0.717) is 6.42 Å². The Morgan fingerprint density at radius 2 is 1.39 bits per heavy atom. The molecule has 0 amide bonds. The summed E-state index contributed by atoms with van der Waals surface area (Å²) in [6.07, 6.45) is 10.3. The van der Waals surface area contributed by atoms with Crippen molar-refractivity contribution in [2.75, 3.05) is 14.2 Å². The summed E-state index contributed by atoms with van der Waals surface area (Å²) in [6.45, 7) is 2.22. The van der Waals surface area contributed by atoms with Gasteiger partial charge < -0.3 is 14.6 Å². The van der Waals surface area contributed by atoms with Crippen LogP contribution in [0.3, 0.4) is 0 Å². The molecule has 0 aromatic rings. The number of ether oxygens (including phenoxy) is 2. The highest BCUT2D eigenvalue weighted by molar-refractivity contribution is 5.80. The number of aliphatic hydroxyl groups excluding tert-OH is 1. The van der Waals surface area contributed by atoms with Gasteiger partial charge in [-0.05, 0) is 6.42 Å². The number of aliphatic hydroxyl groups is 1. The number of rotatable bonds is 14. The number of esters is 2. The van der Waals surface area contributed by atoms with Crippen LogP contribution in [0.2, 0.25) is 0 Å². The number of hydrogen-bond acceptors (Lipinski definition) is 5. The maximum atomic E-state index is 11.7. The first kappa shape index (κ1) is 21.9. The fraction of sp³-hybridized carbons (Fsp3) is 0.889. The average Bonchev–Trinajstić information content (AvgIpc) is 2.56. The minimum Gasteiger partial charge on any atom is -0.469 e. The molecule has 136 valence electrons. The summed E-state index contributed by atoms with van der Waals surface area (Å²) >= 11 is 0. The van der Waals surface area contributed by atoms with Gasteiger partial charge in [0.05, 0.1) is 32.7 Å². The Morgan fingerprint density at radius 3 is 1.87 bits per heavy atom. The van der Waals surface area contributed by atoms with Gasteiger partial charge in [-0.2, -0.15) is 0 Å². The highest BCUT2D eigenvalue weighted by Gasteiger charge is 2.30. The van der Waals surface area contributed by atoms with E-state index < -0.39 is 24.0 Å². The number of carbonyl (C=O) groups excluding carboxylic acids is 2. The molecule has 0 aromatic heterocycles. The van der Waals surface area contributed by atoms with Crippen LogP contribution >= 0.6 is 0 Å². The van der Waals surface area contributed by atoms with E-state index in [1.165, 1.54) is 52.7 Å². The maximum absolute atomic E-state index is 11.7. The molecule has 5 nitrogen and oxygen atoms in total. The molecule has 2 unspecified atom stereocenters. The predicted octanol–water partition coefficient (Wildman–Crippen LogP) is 3.62. The van der Waals surface area contributed by atoms with Gasteiger partial charge in [-0.3, -0.25) is 9.59 Å². The quantitative estimate of drug-likeness (QED) is 0.389. The van der Waals surface area contributed by atoms with Gasteiger partial charge in [-0.25, -0.2) is 0 Å². The number of unbranched alkanes of at least 4 members (excludes halogenated alkanes) is 8. The van der Waals surface area contributed by atoms with Crippen molar-refractivity contribution in [3.8, 4) is 0 Å². The molecule has 0 bridgehead atoms. The molecule has 2 atom stereocenters. The van der Waals surface area contributed by atoms with Crippen LogP contribution in [0.4, 0.5) is 0 Å². The molecule has 0 spiro atoms. The summed E-state index contributed by atoms with van der Waals surface area (Å²) in [5, 5.41) is 10.1. The van der Waals surface area contributed by atoms with Crippen molar-refractivity contribution in [3.63, 3.8) is 0 Å². The number of methoxy groups -OCH3 is 2. The third kappa shape index (κ3) is 11.1. The van der Waals surface area contributed by atoms with E-state index in [9.17, 15) is 14.7 Å². The lowest BCUT2D eigenvalue weighted by Gasteiger charge is -2.19. The maximum Gasteiger partial charge on any atom is 0.311 e. The largest absolute Gasteiger partial charge is 0.469 e. The number of carbonyl (C=O) groups is 2. The molecule has 23 heavy (non-hydrogen) atoms. The van der Waals surface area contributed by atoms with Gasteiger partial charge in [-0.1, -0.05) is 64.7 Å². The van der Waals surface area contributed by atoms with Crippen molar-refractivity contribution in [2.45, 2.75) is 83.7 Å². The van der Waals surface area contributed by atoms with Crippen LogP contribution in [0, 0.1) is 5.92 Å². The van der Waals surface area contributed by atoms with E-state index in [0.717, 1.165) is 19.3 Å². The second kappa shape index (κ2) is 14.5. The summed E-state index contributed by atoms with van der Waals surface area (Å²) in [5.74, 6) is -1.90. The predicted molar refractivity (Wildman–Crippen MR) is 90.0 cm³/mol. The average molecular weight is 330 g/mol.